The topological polar surface area (TPSA) is 58.7 Å². The zero-order valence-electron chi connectivity index (χ0n) is 17.0. The molecule has 1 fully saturated rings. The van der Waals surface area contributed by atoms with E-state index < -0.39 is 0 Å². The largest absolute Gasteiger partial charge is 0.472 e. The highest BCUT2D eigenvalue weighted by molar-refractivity contribution is 7.07. The normalized spacial score (nSPS) is 20.7. The molecular weight excluding hydrogens is 398 g/mol. The molecule has 2 aliphatic rings. The Morgan fingerprint density at radius 2 is 2.10 bits per heavy atom. The van der Waals surface area contributed by atoms with Crippen LogP contribution in [0.4, 0.5) is 0 Å². The molecule has 1 amide bonds. The summed E-state index contributed by atoms with van der Waals surface area (Å²) in [6.07, 6.45) is 4.32. The number of carbonyl (C=O) groups is 1. The van der Waals surface area contributed by atoms with Crippen LogP contribution in [-0.2, 0) is 19.6 Å². The Bertz CT molecular complexity index is 1090. The highest BCUT2D eigenvalue weighted by Crippen LogP contribution is 2.35. The minimum absolute atomic E-state index is 0.155. The van der Waals surface area contributed by atoms with Crippen molar-refractivity contribution in [3.05, 3.63) is 80.3 Å². The lowest BCUT2D eigenvalue weighted by Crippen LogP contribution is -2.47. The summed E-state index contributed by atoms with van der Waals surface area (Å²) in [5.41, 5.74) is 3.43. The van der Waals surface area contributed by atoms with E-state index in [0.29, 0.717) is 24.9 Å². The van der Waals surface area contributed by atoms with Crippen LogP contribution in [0, 0.1) is 5.92 Å². The van der Waals surface area contributed by atoms with Gasteiger partial charge in [0.25, 0.3) is 11.5 Å². The number of pyridine rings is 1. The van der Waals surface area contributed by atoms with Gasteiger partial charge in [0.2, 0.25) is 0 Å². The predicted octanol–water partition coefficient (Wildman–Crippen LogP) is 3.39. The van der Waals surface area contributed by atoms with Crippen molar-refractivity contribution in [1.29, 1.82) is 0 Å². The maximum atomic E-state index is 13.2. The van der Waals surface area contributed by atoms with E-state index >= 15 is 0 Å². The molecule has 0 radical (unpaired) electrons. The number of piperidine rings is 1. The van der Waals surface area contributed by atoms with E-state index in [-0.39, 0.29) is 17.0 Å². The number of furan rings is 1. The van der Waals surface area contributed by atoms with Crippen LogP contribution in [0.15, 0.2) is 56.8 Å². The Kier molecular flexibility index (Phi) is 5.08. The number of amides is 1. The number of hydrogen-bond acceptors (Lipinski definition) is 5. The second-order valence-corrected chi connectivity index (χ2v) is 9.28. The van der Waals surface area contributed by atoms with Gasteiger partial charge >= 0.3 is 0 Å². The van der Waals surface area contributed by atoms with Gasteiger partial charge in [-0.05, 0) is 52.9 Å². The number of fused-ring (bicyclic) bond motifs is 4. The third-order valence-corrected chi connectivity index (χ3v) is 6.98. The molecule has 0 spiro atoms. The van der Waals surface area contributed by atoms with Gasteiger partial charge in [0.05, 0.1) is 12.5 Å². The standard InChI is InChI=1S/C23H25N3O3S/c1-24(9-16-4-6-29-14-16)22(27)20-2-3-21-19-8-18(12-26(21)23(20)28)11-25(13-19)10-17-5-7-30-15-17/h2-7,14-15,18-19H,8-13H2,1H3/t18-,19+/m0/s1. The molecule has 0 N–H and O–H groups in total. The number of nitrogens with zero attached hydrogens (tertiary/aromatic N) is 3. The van der Waals surface area contributed by atoms with Gasteiger partial charge in [-0.15, -0.1) is 0 Å². The van der Waals surface area contributed by atoms with Crippen molar-refractivity contribution in [1.82, 2.24) is 14.4 Å². The van der Waals surface area contributed by atoms with Crippen LogP contribution in [0.1, 0.15) is 39.5 Å². The fourth-order valence-corrected chi connectivity index (χ4v) is 5.57. The number of aromatic nitrogens is 1. The summed E-state index contributed by atoms with van der Waals surface area (Å²) in [5.74, 6) is 0.546. The third-order valence-electron chi connectivity index (χ3n) is 6.24. The molecule has 5 rings (SSSR count). The summed E-state index contributed by atoms with van der Waals surface area (Å²) >= 11 is 1.73. The molecule has 6 nitrogen and oxygen atoms in total. The molecule has 30 heavy (non-hydrogen) atoms. The molecule has 0 saturated carbocycles. The van der Waals surface area contributed by atoms with E-state index in [2.05, 4.69) is 21.7 Å². The van der Waals surface area contributed by atoms with Gasteiger partial charge in [-0.1, -0.05) is 0 Å². The zero-order valence-corrected chi connectivity index (χ0v) is 17.8. The van der Waals surface area contributed by atoms with Gasteiger partial charge in [0.15, 0.2) is 0 Å². The van der Waals surface area contributed by atoms with Gasteiger partial charge in [0.1, 0.15) is 5.56 Å². The summed E-state index contributed by atoms with van der Waals surface area (Å²) in [4.78, 5) is 30.2. The molecule has 1 saturated heterocycles. The van der Waals surface area contributed by atoms with E-state index in [0.717, 1.165) is 37.3 Å². The Labute approximate surface area is 179 Å². The van der Waals surface area contributed by atoms with Crippen LogP contribution in [-0.4, -0.2) is 40.4 Å². The SMILES string of the molecule is CN(Cc1ccoc1)C(=O)c1ccc2n(c1=O)C[C@H]1C[C@@H]2CN(Cc2ccsc2)C1. The molecule has 7 heteroatoms. The summed E-state index contributed by atoms with van der Waals surface area (Å²) in [6, 6.07) is 7.73. The summed E-state index contributed by atoms with van der Waals surface area (Å²) in [5, 5.41) is 4.33. The van der Waals surface area contributed by atoms with Crippen molar-refractivity contribution in [3.63, 3.8) is 0 Å². The van der Waals surface area contributed by atoms with E-state index in [1.165, 1.54) is 5.56 Å². The van der Waals surface area contributed by atoms with E-state index in [4.69, 9.17) is 4.42 Å². The Morgan fingerprint density at radius 3 is 2.87 bits per heavy atom. The fourth-order valence-electron chi connectivity index (χ4n) is 4.91. The van der Waals surface area contributed by atoms with Crippen LogP contribution >= 0.6 is 11.3 Å². The summed E-state index contributed by atoms with van der Waals surface area (Å²) in [6.45, 7) is 4.03. The first-order valence-electron chi connectivity index (χ1n) is 10.3. The lowest BCUT2D eigenvalue weighted by Gasteiger charge is -2.43. The molecule has 2 atom stereocenters. The minimum atomic E-state index is -0.244. The molecule has 2 bridgehead atoms. The number of likely N-dealkylation sites (tertiary alicyclic amines) is 1. The second kappa shape index (κ2) is 7.89. The van der Waals surface area contributed by atoms with Crippen molar-refractivity contribution < 1.29 is 9.21 Å². The van der Waals surface area contributed by atoms with E-state index in [1.54, 1.807) is 41.9 Å². The summed E-state index contributed by atoms with van der Waals surface area (Å²) in [7, 11) is 1.72. The van der Waals surface area contributed by atoms with Gasteiger partial charge in [-0.25, -0.2) is 0 Å². The fraction of sp³-hybridized carbons (Fsp3) is 0.391. The average Bonchev–Trinajstić information content (AvgIpc) is 3.42. The van der Waals surface area contributed by atoms with Gasteiger partial charge in [-0.3, -0.25) is 14.5 Å². The van der Waals surface area contributed by atoms with Crippen molar-refractivity contribution in [2.45, 2.75) is 32.0 Å². The van der Waals surface area contributed by atoms with Gasteiger partial charge in [-0.2, -0.15) is 11.3 Å². The quantitative estimate of drug-likeness (QED) is 0.631. The van der Waals surface area contributed by atoms with Crippen LogP contribution < -0.4 is 5.56 Å². The molecule has 156 valence electrons. The maximum Gasteiger partial charge on any atom is 0.263 e. The second-order valence-electron chi connectivity index (χ2n) is 8.50. The van der Waals surface area contributed by atoms with E-state index in [1.807, 2.05) is 16.7 Å². The Morgan fingerprint density at radius 1 is 1.20 bits per heavy atom. The average molecular weight is 424 g/mol. The number of hydrogen-bond donors (Lipinski definition) is 0. The molecule has 2 aliphatic heterocycles. The van der Waals surface area contributed by atoms with Crippen molar-refractivity contribution in [2.24, 2.45) is 5.92 Å². The number of rotatable bonds is 5. The molecule has 3 aromatic rings. The number of carbonyl (C=O) groups excluding carboxylic acids is 1. The third kappa shape index (κ3) is 3.63. The van der Waals surface area contributed by atoms with Gasteiger partial charge < -0.3 is 13.9 Å². The van der Waals surface area contributed by atoms with Crippen LogP contribution in [0.5, 0.6) is 0 Å². The highest BCUT2D eigenvalue weighted by atomic mass is 32.1. The Hall–Kier alpha value is -2.64. The van der Waals surface area contributed by atoms with Crippen LogP contribution in [0.2, 0.25) is 0 Å². The monoisotopic (exact) mass is 423 g/mol. The highest BCUT2D eigenvalue weighted by Gasteiger charge is 2.35. The van der Waals surface area contributed by atoms with Crippen molar-refractivity contribution in [3.8, 4) is 0 Å². The van der Waals surface area contributed by atoms with Gasteiger partial charge in [0, 0.05) is 56.9 Å². The number of thiophene rings is 1. The lowest BCUT2D eigenvalue weighted by molar-refractivity contribution is 0.0779. The Balaban J connectivity index is 1.36. The van der Waals surface area contributed by atoms with Crippen LogP contribution in [0.3, 0.4) is 0 Å². The predicted molar refractivity (Wildman–Crippen MR) is 116 cm³/mol. The van der Waals surface area contributed by atoms with Crippen LogP contribution in [0.25, 0.3) is 0 Å². The molecule has 0 aliphatic carbocycles. The molecule has 0 aromatic carbocycles. The van der Waals surface area contributed by atoms with Crippen molar-refractivity contribution >= 4 is 17.2 Å². The molecule has 5 heterocycles. The zero-order chi connectivity index (χ0) is 20.7. The minimum Gasteiger partial charge on any atom is -0.472 e. The summed E-state index contributed by atoms with van der Waals surface area (Å²) < 4.78 is 6.94. The van der Waals surface area contributed by atoms with Crippen molar-refractivity contribution in [2.75, 3.05) is 20.1 Å². The molecule has 3 aromatic heterocycles. The maximum absolute atomic E-state index is 13.2. The lowest BCUT2D eigenvalue weighted by atomic mass is 9.83. The first-order chi connectivity index (χ1) is 14.6. The van der Waals surface area contributed by atoms with E-state index in [9.17, 15) is 9.59 Å². The smallest absolute Gasteiger partial charge is 0.263 e. The first-order valence-corrected chi connectivity index (χ1v) is 11.3. The first kappa shape index (κ1) is 19.3. The molecule has 0 unspecified atom stereocenters. The molecular formula is C23H25N3O3S.